The van der Waals surface area contributed by atoms with E-state index in [2.05, 4.69) is 22.2 Å². The van der Waals surface area contributed by atoms with Gasteiger partial charge in [0, 0.05) is 22.5 Å². The van der Waals surface area contributed by atoms with Crippen LogP contribution in [0.3, 0.4) is 0 Å². The molecule has 0 fully saturated rings. The first-order valence-corrected chi connectivity index (χ1v) is 10.3. The molecule has 5 nitrogen and oxygen atoms in total. The van der Waals surface area contributed by atoms with E-state index in [1.54, 1.807) is 36.0 Å². The molecule has 0 saturated heterocycles. The van der Waals surface area contributed by atoms with E-state index in [0.29, 0.717) is 28.0 Å². The van der Waals surface area contributed by atoms with Crippen molar-refractivity contribution < 1.29 is 4.79 Å². The molecule has 0 bridgehead atoms. The lowest BCUT2D eigenvalue weighted by molar-refractivity contribution is -0.115. The monoisotopic (exact) mass is 397 g/mol. The Kier molecular flexibility index (Phi) is 7.87. The molecule has 0 aliphatic heterocycles. The molecule has 2 rings (SSSR count). The van der Waals surface area contributed by atoms with Crippen molar-refractivity contribution >= 4 is 46.7 Å². The van der Waals surface area contributed by atoms with Gasteiger partial charge in [0.25, 0.3) is 5.56 Å². The van der Waals surface area contributed by atoms with Crippen LogP contribution in [-0.4, -0.2) is 26.9 Å². The van der Waals surface area contributed by atoms with Gasteiger partial charge in [0.2, 0.25) is 5.91 Å². The minimum atomic E-state index is -0.354. The van der Waals surface area contributed by atoms with E-state index in [9.17, 15) is 9.59 Å². The number of H-pyrrole nitrogens is 1. The number of aromatic amines is 1. The fourth-order valence-corrected chi connectivity index (χ4v) is 3.65. The molecule has 0 aliphatic carbocycles. The number of aromatic nitrogens is 2. The standard InChI is InChI=1S/C17H20ClN3O2S2/c1-3-14(16(23)19-12-7-5-11(18)6-8-12)25-17-20-13(10-24-4-2)9-15(22)21-17/h5-9,14H,3-4,10H2,1-2H3,(H,19,23)(H,20,21,22). The first-order chi connectivity index (χ1) is 12.0. The largest absolute Gasteiger partial charge is 0.325 e. The lowest BCUT2D eigenvalue weighted by atomic mass is 10.3. The predicted octanol–water partition coefficient (Wildman–Crippen LogP) is 4.19. The lowest BCUT2D eigenvalue weighted by Crippen LogP contribution is -2.25. The van der Waals surface area contributed by atoms with Gasteiger partial charge in [-0.2, -0.15) is 11.8 Å². The van der Waals surface area contributed by atoms with Gasteiger partial charge in [-0.1, -0.05) is 37.2 Å². The number of nitrogens with one attached hydrogen (secondary N) is 2. The fourth-order valence-electron chi connectivity index (χ4n) is 2.03. The van der Waals surface area contributed by atoms with Gasteiger partial charge in [0.15, 0.2) is 5.16 Å². The highest BCUT2D eigenvalue weighted by Gasteiger charge is 2.19. The molecule has 1 amide bonds. The maximum absolute atomic E-state index is 12.5. The molecule has 0 spiro atoms. The summed E-state index contributed by atoms with van der Waals surface area (Å²) < 4.78 is 0. The third kappa shape index (κ3) is 6.41. The lowest BCUT2D eigenvalue weighted by Gasteiger charge is -2.14. The SMILES string of the molecule is CCSCc1cc(=O)[nH]c(SC(CC)C(=O)Nc2ccc(Cl)cc2)n1. The Labute approximate surface area is 160 Å². The molecule has 2 N–H and O–H groups in total. The van der Waals surface area contributed by atoms with Crippen molar-refractivity contribution in [3.63, 3.8) is 0 Å². The Hall–Kier alpha value is -1.44. The van der Waals surface area contributed by atoms with E-state index in [0.717, 1.165) is 11.4 Å². The number of anilines is 1. The highest BCUT2D eigenvalue weighted by atomic mass is 35.5. The van der Waals surface area contributed by atoms with Crippen molar-refractivity contribution in [1.29, 1.82) is 0 Å². The summed E-state index contributed by atoms with van der Waals surface area (Å²) in [7, 11) is 0. The smallest absolute Gasteiger partial charge is 0.251 e. The van der Waals surface area contributed by atoms with Crippen LogP contribution >= 0.6 is 35.1 Å². The van der Waals surface area contributed by atoms with E-state index in [-0.39, 0.29) is 16.7 Å². The second-order valence-corrected chi connectivity index (χ2v) is 8.09. The van der Waals surface area contributed by atoms with Gasteiger partial charge in [-0.15, -0.1) is 0 Å². The third-order valence-corrected chi connectivity index (χ3v) is 5.66. The molecule has 25 heavy (non-hydrogen) atoms. The molecular formula is C17H20ClN3O2S2. The van der Waals surface area contributed by atoms with Crippen molar-refractivity contribution in [2.24, 2.45) is 0 Å². The molecule has 1 aromatic heterocycles. The van der Waals surface area contributed by atoms with Crippen LogP contribution in [0.15, 0.2) is 40.3 Å². The van der Waals surface area contributed by atoms with Crippen LogP contribution in [0.1, 0.15) is 26.0 Å². The minimum absolute atomic E-state index is 0.134. The van der Waals surface area contributed by atoms with Gasteiger partial charge in [-0.3, -0.25) is 9.59 Å². The number of rotatable bonds is 8. The van der Waals surface area contributed by atoms with Crippen molar-refractivity contribution in [2.75, 3.05) is 11.1 Å². The van der Waals surface area contributed by atoms with E-state index in [1.807, 2.05) is 6.92 Å². The normalized spacial score (nSPS) is 12.0. The quantitative estimate of drug-likeness (QED) is 0.516. The van der Waals surface area contributed by atoms with Crippen molar-refractivity contribution in [2.45, 2.75) is 36.4 Å². The number of carbonyl (C=O) groups excluding carboxylic acids is 1. The first kappa shape index (κ1) is 19.9. The topological polar surface area (TPSA) is 74.8 Å². The number of amides is 1. The average Bonchev–Trinajstić information content (AvgIpc) is 2.59. The Bertz CT molecular complexity index is 765. The van der Waals surface area contributed by atoms with Gasteiger partial charge < -0.3 is 10.3 Å². The van der Waals surface area contributed by atoms with Gasteiger partial charge in [-0.25, -0.2) is 4.98 Å². The number of hydrogen-bond donors (Lipinski definition) is 2. The summed E-state index contributed by atoms with van der Waals surface area (Å²) in [6, 6.07) is 8.44. The molecule has 1 unspecified atom stereocenters. The number of benzene rings is 1. The van der Waals surface area contributed by atoms with Gasteiger partial charge in [0.05, 0.1) is 10.9 Å². The van der Waals surface area contributed by atoms with Crippen LogP contribution in [0.25, 0.3) is 0 Å². The van der Waals surface area contributed by atoms with E-state index < -0.39 is 0 Å². The number of thioether (sulfide) groups is 2. The summed E-state index contributed by atoms with van der Waals surface area (Å²) in [5.74, 6) is 1.51. The van der Waals surface area contributed by atoms with Gasteiger partial charge in [-0.05, 0) is 36.4 Å². The number of nitrogens with zero attached hydrogens (tertiary/aromatic N) is 1. The van der Waals surface area contributed by atoms with E-state index in [4.69, 9.17) is 11.6 Å². The van der Waals surface area contributed by atoms with Crippen LogP contribution in [0, 0.1) is 0 Å². The highest BCUT2D eigenvalue weighted by molar-refractivity contribution is 8.00. The molecule has 1 heterocycles. The highest BCUT2D eigenvalue weighted by Crippen LogP contribution is 2.24. The summed E-state index contributed by atoms with van der Waals surface area (Å²) >= 11 is 8.82. The Morgan fingerprint density at radius 1 is 1.32 bits per heavy atom. The molecule has 1 atom stereocenters. The molecular weight excluding hydrogens is 378 g/mol. The Morgan fingerprint density at radius 3 is 2.68 bits per heavy atom. The third-order valence-electron chi connectivity index (χ3n) is 3.26. The minimum Gasteiger partial charge on any atom is -0.325 e. The molecule has 8 heteroatoms. The fraction of sp³-hybridized carbons (Fsp3) is 0.353. The second kappa shape index (κ2) is 9.89. The van der Waals surface area contributed by atoms with Crippen LogP contribution in [0.2, 0.25) is 5.02 Å². The molecule has 0 saturated carbocycles. The van der Waals surface area contributed by atoms with Crippen molar-refractivity contribution in [3.8, 4) is 0 Å². The summed E-state index contributed by atoms with van der Waals surface area (Å²) in [6.45, 7) is 3.98. The van der Waals surface area contributed by atoms with Gasteiger partial charge >= 0.3 is 0 Å². The van der Waals surface area contributed by atoms with Crippen LogP contribution in [0.4, 0.5) is 5.69 Å². The second-order valence-electron chi connectivity index (χ2n) is 5.19. The Morgan fingerprint density at radius 2 is 2.04 bits per heavy atom. The maximum Gasteiger partial charge on any atom is 0.251 e. The summed E-state index contributed by atoms with van der Waals surface area (Å²) in [6.07, 6.45) is 0.613. The zero-order valence-electron chi connectivity index (χ0n) is 14.0. The predicted molar refractivity (Wildman–Crippen MR) is 107 cm³/mol. The zero-order chi connectivity index (χ0) is 18.2. The number of halogens is 1. The Balaban J connectivity index is 2.07. The summed E-state index contributed by atoms with van der Waals surface area (Å²) in [4.78, 5) is 31.4. The summed E-state index contributed by atoms with van der Waals surface area (Å²) in [5.41, 5.74) is 1.21. The van der Waals surface area contributed by atoms with Crippen LogP contribution < -0.4 is 10.9 Å². The molecule has 2 aromatic rings. The van der Waals surface area contributed by atoms with Crippen LogP contribution in [-0.2, 0) is 10.5 Å². The maximum atomic E-state index is 12.5. The molecule has 0 radical (unpaired) electrons. The average molecular weight is 398 g/mol. The number of carbonyl (C=O) groups is 1. The molecule has 1 aromatic carbocycles. The molecule has 134 valence electrons. The van der Waals surface area contributed by atoms with Crippen molar-refractivity contribution in [1.82, 2.24) is 9.97 Å². The zero-order valence-corrected chi connectivity index (χ0v) is 16.4. The van der Waals surface area contributed by atoms with E-state index in [1.165, 1.54) is 17.8 Å². The molecule has 0 aliphatic rings. The van der Waals surface area contributed by atoms with Crippen LogP contribution in [0.5, 0.6) is 0 Å². The van der Waals surface area contributed by atoms with Crippen molar-refractivity contribution in [3.05, 3.63) is 51.4 Å². The summed E-state index contributed by atoms with van der Waals surface area (Å²) in [5, 5.41) is 3.59. The first-order valence-electron chi connectivity index (χ1n) is 7.93. The van der Waals surface area contributed by atoms with E-state index >= 15 is 0 Å². The van der Waals surface area contributed by atoms with Gasteiger partial charge in [0.1, 0.15) is 0 Å². The number of hydrogen-bond acceptors (Lipinski definition) is 5.